The lowest BCUT2D eigenvalue weighted by Crippen LogP contribution is -2.02. The summed E-state index contributed by atoms with van der Waals surface area (Å²) in [7, 11) is 0. The number of aromatic nitrogens is 1. The number of hydrogen-bond donors (Lipinski definition) is 0. The number of benzene rings is 4. The molecule has 1 aliphatic rings. The number of pyridine rings is 1. The van der Waals surface area contributed by atoms with E-state index in [-0.39, 0.29) is 0 Å². The largest absolute Gasteiger partial charge is 0.256 e. The quantitative estimate of drug-likeness (QED) is 0.257. The molecule has 5 aromatic rings. The van der Waals surface area contributed by atoms with Crippen LogP contribution in [0.5, 0.6) is 0 Å². The molecular weight excluding hydrogens is 350 g/mol. The van der Waals surface area contributed by atoms with Crippen LogP contribution in [0.15, 0.2) is 85.1 Å². The predicted octanol–water partition coefficient (Wildman–Crippen LogP) is 7.42. The standard InChI is InChI=1S/C18H16.C10H9N/c1-3-7-15-13(5-1)9-11-18-16-8-4-2-6-14(16)10-12-17(15)18;1-8-6-7-11-10-5-3-2-4-9(8)10/h1,3,5,7,9-12H,2,4,6,8H2;2-7H,1H3. The third-order valence-corrected chi connectivity index (χ3v) is 6.12. The Morgan fingerprint density at radius 3 is 2.28 bits per heavy atom. The Bertz CT molecular complexity index is 1310. The van der Waals surface area contributed by atoms with Crippen molar-refractivity contribution in [2.75, 3.05) is 0 Å². The van der Waals surface area contributed by atoms with Crippen LogP contribution in [0.4, 0.5) is 0 Å². The molecular formula is C28H25N. The zero-order valence-electron chi connectivity index (χ0n) is 16.9. The van der Waals surface area contributed by atoms with Crippen molar-refractivity contribution in [2.45, 2.75) is 32.6 Å². The van der Waals surface area contributed by atoms with Crippen molar-refractivity contribution in [1.82, 2.24) is 4.98 Å². The first kappa shape index (κ1) is 17.9. The molecule has 1 heteroatoms. The van der Waals surface area contributed by atoms with Crippen molar-refractivity contribution < 1.29 is 0 Å². The molecule has 4 aromatic carbocycles. The minimum absolute atomic E-state index is 1.08. The van der Waals surface area contributed by atoms with Gasteiger partial charge < -0.3 is 0 Å². The van der Waals surface area contributed by atoms with Gasteiger partial charge in [0.25, 0.3) is 0 Å². The van der Waals surface area contributed by atoms with Gasteiger partial charge in [-0.2, -0.15) is 0 Å². The maximum absolute atomic E-state index is 4.24. The first-order valence-corrected chi connectivity index (χ1v) is 10.5. The van der Waals surface area contributed by atoms with Crippen LogP contribution in [0.1, 0.15) is 29.5 Å². The Hall–Kier alpha value is -3.19. The highest BCUT2D eigenvalue weighted by molar-refractivity contribution is 6.08. The molecule has 0 fully saturated rings. The van der Waals surface area contributed by atoms with Crippen LogP contribution in [0.25, 0.3) is 32.4 Å². The Balaban J connectivity index is 0.000000142. The fraction of sp³-hybridized carbons (Fsp3) is 0.179. The van der Waals surface area contributed by atoms with Gasteiger partial charge in [0, 0.05) is 11.6 Å². The maximum atomic E-state index is 4.24. The fourth-order valence-electron chi connectivity index (χ4n) is 4.58. The molecule has 0 saturated heterocycles. The minimum atomic E-state index is 1.08. The number of fused-ring (bicyclic) bond motifs is 6. The summed E-state index contributed by atoms with van der Waals surface area (Å²) in [6.45, 7) is 2.10. The van der Waals surface area contributed by atoms with E-state index in [0.29, 0.717) is 0 Å². The number of nitrogens with zero attached hydrogens (tertiary/aromatic N) is 1. The second kappa shape index (κ2) is 7.67. The van der Waals surface area contributed by atoms with Crippen LogP contribution >= 0.6 is 0 Å². The smallest absolute Gasteiger partial charge is 0.0704 e. The Labute approximate surface area is 172 Å². The molecule has 0 atom stereocenters. The molecule has 0 spiro atoms. The topological polar surface area (TPSA) is 12.9 Å². The van der Waals surface area contributed by atoms with E-state index in [1.54, 1.807) is 11.1 Å². The van der Waals surface area contributed by atoms with Crippen molar-refractivity contribution in [3.05, 3.63) is 102 Å². The first-order valence-electron chi connectivity index (χ1n) is 10.5. The molecule has 0 bridgehead atoms. The third-order valence-electron chi connectivity index (χ3n) is 6.12. The summed E-state index contributed by atoms with van der Waals surface area (Å²) >= 11 is 0. The highest BCUT2D eigenvalue weighted by Crippen LogP contribution is 2.33. The number of hydrogen-bond acceptors (Lipinski definition) is 1. The van der Waals surface area contributed by atoms with Crippen LogP contribution in [0.2, 0.25) is 0 Å². The van der Waals surface area contributed by atoms with Gasteiger partial charge in [0.15, 0.2) is 0 Å². The lowest BCUT2D eigenvalue weighted by Gasteiger charge is -2.18. The summed E-state index contributed by atoms with van der Waals surface area (Å²) in [5, 5.41) is 6.89. The fourth-order valence-corrected chi connectivity index (χ4v) is 4.58. The van der Waals surface area contributed by atoms with Crippen LogP contribution in [-0.2, 0) is 12.8 Å². The van der Waals surface area contributed by atoms with Gasteiger partial charge in [-0.25, -0.2) is 0 Å². The van der Waals surface area contributed by atoms with Crippen molar-refractivity contribution >= 4 is 32.4 Å². The van der Waals surface area contributed by atoms with Gasteiger partial charge in [0.2, 0.25) is 0 Å². The van der Waals surface area contributed by atoms with Gasteiger partial charge in [-0.15, -0.1) is 0 Å². The number of para-hydroxylation sites is 1. The highest BCUT2D eigenvalue weighted by atomic mass is 14.6. The summed E-state index contributed by atoms with van der Waals surface area (Å²) in [6.07, 6.45) is 7.06. The second-order valence-corrected chi connectivity index (χ2v) is 7.94. The average molecular weight is 376 g/mol. The summed E-state index contributed by atoms with van der Waals surface area (Å²) < 4.78 is 0. The molecule has 29 heavy (non-hydrogen) atoms. The van der Waals surface area contributed by atoms with Crippen molar-refractivity contribution in [1.29, 1.82) is 0 Å². The van der Waals surface area contributed by atoms with Crippen LogP contribution < -0.4 is 0 Å². The zero-order chi connectivity index (χ0) is 19.6. The molecule has 0 aliphatic heterocycles. The van der Waals surface area contributed by atoms with Gasteiger partial charge in [0.1, 0.15) is 0 Å². The monoisotopic (exact) mass is 375 g/mol. The van der Waals surface area contributed by atoms with Crippen molar-refractivity contribution in [3.63, 3.8) is 0 Å². The molecule has 6 rings (SSSR count). The lowest BCUT2D eigenvalue weighted by atomic mass is 9.86. The van der Waals surface area contributed by atoms with E-state index in [0.717, 1.165) is 5.52 Å². The molecule has 0 N–H and O–H groups in total. The zero-order valence-corrected chi connectivity index (χ0v) is 16.9. The third kappa shape index (κ3) is 3.38. The normalized spacial score (nSPS) is 13.1. The van der Waals surface area contributed by atoms with E-state index in [1.807, 2.05) is 30.5 Å². The van der Waals surface area contributed by atoms with Gasteiger partial charge >= 0.3 is 0 Å². The Morgan fingerprint density at radius 1 is 0.621 bits per heavy atom. The molecule has 0 radical (unpaired) electrons. The number of rotatable bonds is 0. The highest BCUT2D eigenvalue weighted by Gasteiger charge is 2.13. The van der Waals surface area contributed by atoms with Gasteiger partial charge in [-0.1, -0.05) is 66.7 Å². The molecule has 0 amide bonds. The van der Waals surface area contributed by atoms with Gasteiger partial charge in [-0.05, 0) is 83.0 Å². The van der Waals surface area contributed by atoms with E-state index < -0.39 is 0 Å². The molecule has 1 aromatic heterocycles. The minimum Gasteiger partial charge on any atom is -0.256 e. The van der Waals surface area contributed by atoms with Crippen LogP contribution in [-0.4, -0.2) is 4.98 Å². The Kier molecular flexibility index (Phi) is 4.73. The molecule has 0 unspecified atom stereocenters. The number of aryl methyl sites for hydroxylation is 3. The van der Waals surface area contributed by atoms with E-state index >= 15 is 0 Å². The molecule has 1 heterocycles. The SMILES string of the molecule is Cc1ccnc2ccccc12.c1ccc2c(c1)ccc1c3c(ccc12)CCCC3. The summed E-state index contributed by atoms with van der Waals surface area (Å²) in [5.41, 5.74) is 5.54. The summed E-state index contributed by atoms with van der Waals surface area (Å²) in [4.78, 5) is 4.24. The van der Waals surface area contributed by atoms with Crippen molar-refractivity contribution in [2.24, 2.45) is 0 Å². The maximum Gasteiger partial charge on any atom is 0.0704 e. The molecule has 1 aliphatic carbocycles. The van der Waals surface area contributed by atoms with Gasteiger partial charge in [0.05, 0.1) is 5.52 Å². The summed E-state index contributed by atoms with van der Waals surface area (Å²) in [6, 6.07) is 28.2. The van der Waals surface area contributed by atoms with E-state index in [1.165, 1.54) is 58.2 Å². The van der Waals surface area contributed by atoms with Crippen LogP contribution in [0, 0.1) is 6.92 Å². The first-order chi connectivity index (χ1) is 14.3. The lowest BCUT2D eigenvalue weighted by molar-refractivity contribution is 0.690. The van der Waals surface area contributed by atoms with E-state index in [2.05, 4.69) is 66.5 Å². The average Bonchev–Trinajstić information content (AvgIpc) is 2.79. The van der Waals surface area contributed by atoms with Gasteiger partial charge in [-0.3, -0.25) is 4.98 Å². The van der Waals surface area contributed by atoms with Crippen molar-refractivity contribution in [3.8, 4) is 0 Å². The second-order valence-electron chi connectivity index (χ2n) is 7.94. The molecule has 0 saturated carbocycles. The summed E-state index contributed by atoms with van der Waals surface area (Å²) in [5.74, 6) is 0. The predicted molar refractivity (Wildman–Crippen MR) is 125 cm³/mol. The molecule has 1 nitrogen and oxygen atoms in total. The van der Waals surface area contributed by atoms with Crippen LogP contribution in [0.3, 0.4) is 0 Å². The van der Waals surface area contributed by atoms with E-state index in [9.17, 15) is 0 Å². The molecule has 142 valence electrons. The van der Waals surface area contributed by atoms with E-state index in [4.69, 9.17) is 0 Å². The Morgan fingerprint density at radius 2 is 1.38 bits per heavy atom.